The number of pyridine rings is 1. The van der Waals surface area contributed by atoms with Crippen molar-refractivity contribution in [3.05, 3.63) is 23.9 Å². The van der Waals surface area contributed by atoms with Crippen molar-refractivity contribution in [3.8, 4) is 0 Å². The van der Waals surface area contributed by atoms with Crippen LogP contribution in [0.5, 0.6) is 0 Å². The second kappa shape index (κ2) is 5.75. The molecule has 4 nitrogen and oxygen atoms in total. The number of anilines is 1. The number of hydrogen-bond donors (Lipinski definition) is 1. The topological polar surface area (TPSA) is 37.4 Å². The van der Waals surface area contributed by atoms with Crippen molar-refractivity contribution in [2.24, 2.45) is 0 Å². The van der Waals surface area contributed by atoms with Crippen LogP contribution in [-0.2, 0) is 10.9 Å². The van der Waals surface area contributed by atoms with Gasteiger partial charge in [0.1, 0.15) is 11.5 Å². The zero-order valence-electron chi connectivity index (χ0n) is 10.6. The number of aromatic nitrogens is 1. The van der Waals surface area contributed by atoms with E-state index < -0.39 is 11.9 Å². The highest BCUT2D eigenvalue weighted by atomic mass is 19.4. The minimum Gasteiger partial charge on any atom is -0.374 e. The molecule has 0 spiro atoms. The molecular formula is C12H16F3N3O. The molecule has 0 saturated carbocycles. The normalized spacial score (nSPS) is 20.3. The number of nitrogens with zero attached hydrogens (tertiary/aromatic N) is 2. The summed E-state index contributed by atoms with van der Waals surface area (Å²) in [5.74, 6) is 0.295. The number of ether oxygens (including phenoxy) is 1. The Labute approximate surface area is 109 Å². The molecule has 106 valence electrons. The average molecular weight is 275 g/mol. The molecule has 0 bridgehead atoms. The fourth-order valence-corrected chi connectivity index (χ4v) is 1.93. The zero-order valence-corrected chi connectivity index (χ0v) is 10.6. The van der Waals surface area contributed by atoms with Gasteiger partial charge in [-0.05, 0) is 12.1 Å². The van der Waals surface area contributed by atoms with E-state index in [2.05, 4.69) is 10.3 Å². The first-order valence-electron chi connectivity index (χ1n) is 6.04. The molecular weight excluding hydrogens is 259 g/mol. The fraction of sp³-hybridized carbons (Fsp3) is 0.583. The number of alkyl halides is 3. The van der Waals surface area contributed by atoms with E-state index in [0.29, 0.717) is 25.5 Å². The fourth-order valence-electron chi connectivity index (χ4n) is 1.93. The van der Waals surface area contributed by atoms with Gasteiger partial charge in [-0.3, -0.25) is 0 Å². The van der Waals surface area contributed by atoms with Crippen LogP contribution in [0.3, 0.4) is 0 Å². The third-order valence-corrected chi connectivity index (χ3v) is 2.90. The summed E-state index contributed by atoms with van der Waals surface area (Å²) < 4.78 is 43.2. The molecule has 2 heterocycles. The SMILES string of the molecule is CN(CC1CNCCO1)c1cccc(C(F)(F)F)n1. The monoisotopic (exact) mass is 275 g/mol. The molecule has 0 amide bonds. The van der Waals surface area contributed by atoms with E-state index in [1.165, 1.54) is 6.07 Å². The Morgan fingerprint density at radius 3 is 2.89 bits per heavy atom. The minimum atomic E-state index is -4.42. The maximum Gasteiger partial charge on any atom is 0.433 e. The van der Waals surface area contributed by atoms with E-state index in [4.69, 9.17) is 4.74 Å². The molecule has 1 aliphatic rings. The van der Waals surface area contributed by atoms with Gasteiger partial charge in [-0.15, -0.1) is 0 Å². The maximum absolute atomic E-state index is 12.6. The number of halogens is 3. The van der Waals surface area contributed by atoms with Gasteiger partial charge in [0.05, 0.1) is 12.7 Å². The van der Waals surface area contributed by atoms with Crippen LogP contribution in [0.25, 0.3) is 0 Å². The molecule has 1 fully saturated rings. The van der Waals surface area contributed by atoms with Gasteiger partial charge < -0.3 is 15.0 Å². The van der Waals surface area contributed by atoms with Crippen molar-refractivity contribution >= 4 is 5.82 Å². The highest BCUT2D eigenvalue weighted by Gasteiger charge is 2.32. The third kappa shape index (κ3) is 3.81. The Morgan fingerprint density at radius 2 is 2.26 bits per heavy atom. The molecule has 1 saturated heterocycles. The van der Waals surface area contributed by atoms with Crippen molar-refractivity contribution in [1.82, 2.24) is 10.3 Å². The zero-order chi connectivity index (χ0) is 13.9. The van der Waals surface area contributed by atoms with E-state index >= 15 is 0 Å². The highest BCUT2D eigenvalue weighted by molar-refractivity contribution is 5.38. The van der Waals surface area contributed by atoms with Crippen molar-refractivity contribution in [2.75, 3.05) is 38.2 Å². The van der Waals surface area contributed by atoms with Gasteiger partial charge in [-0.25, -0.2) is 4.98 Å². The summed E-state index contributed by atoms with van der Waals surface area (Å²) in [7, 11) is 1.71. The number of rotatable bonds is 3. The predicted octanol–water partition coefficient (Wildman–Crippen LogP) is 1.52. The first kappa shape index (κ1) is 14.1. The number of likely N-dealkylation sites (N-methyl/N-ethyl adjacent to an activating group) is 1. The van der Waals surface area contributed by atoms with Crippen LogP contribution >= 0.6 is 0 Å². The molecule has 19 heavy (non-hydrogen) atoms. The molecule has 1 N–H and O–H groups in total. The molecule has 0 aliphatic carbocycles. The Bertz CT molecular complexity index is 419. The van der Waals surface area contributed by atoms with Gasteiger partial charge in [0.2, 0.25) is 0 Å². The van der Waals surface area contributed by atoms with Crippen molar-refractivity contribution in [3.63, 3.8) is 0 Å². The molecule has 2 rings (SSSR count). The summed E-state index contributed by atoms with van der Waals surface area (Å²) in [5.41, 5.74) is -0.875. The summed E-state index contributed by atoms with van der Waals surface area (Å²) in [6.07, 6.45) is -4.45. The minimum absolute atomic E-state index is 0.0323. The molecule has 0 aromatic carbocycles. The summed E-state index contributed by atoms with van der Waals surface area (Å²) in [5, 5.41) is 3.18. The highest BCUT2D eigenvalue weighted by Crippen LogP contribution is 2.28. The lowest BCUT2D eigenvalue weighted by molar-refractivity contribution is -0.141. The average Bonchev–Trinajstić information content (AvgIpc) is 2.39. The Morgan fingerprint density at radius 1 is 1.47 bits per heavy atom. The lowest BCUT2D eigenvalue weighted by atomic mass is 10.2. The maximum atomic E-state index is 12.6. The lowest BCUT2D eigenvalue weighted by Crippen LogP contribution is -2.44. The first-order chi connectivity index (χ1) is 8.97. The summed E-state index contributed by atoms with van der Waals surface area (Å²) in [6.45, 7) is 2.63. The molecule has 1 unspecified atom stereocenters. The third-order valence-electron chi connectivity index (χ3n) is 2.90. The van der Waals surface area contributed by atoms with Gasteiger partial charge in [0, 0.05) is 26.7 Å². The van der Waals surface area contributed by atoms with Crippen LogP contribution in [0.2, 0.25) is 0 Å². The van der Waals surface area contributed by atoms with E-state index in [1.807, 2.05) is 0 Å². The van der Waals surface area contributed by atoms with E-state index in [9.17, 15) is 13.2 Å². The smallest absolute Gasteiger partial charge is 0.374 e. The molecule has 1 aromatic rings. The largest absolute Gasteiger partial charge is 0.433 e. The van der Waals surface area contributed by atoms with Crippen molar-refractivity contribution in [2.45, 2.75) is 12.3 Å². The van der Waals surface area contributed by atoms with Crippen molar-refractivity contribution in [1.29, 1.82) is 0 Å². The summed E-state index contributed by atoms with van der Waals surface area (Å²) in [4.78, 5) is 5.31. The second-order valence-electron chi connectivity index (χ2n) is 4.46. The van der Waals surface area contributed by atoms with Gasteiger partial charge in [0.15, 0.2) is 0 Å². The van der Waals surface area contributed by atoms with Crippen LogP contribution < -0.4 is 10.2 Å². The van der Waals surface area contributed by atoms with E-state index in [1.54, 1.807) is 18.0 Å². The Balaban J connectivity index is 2.04. The quantitative estimate of drug-likeness (QED) is 0.907. The second-order valence-corrected chi connectivity index (χ2v) is 4.46. The molecule has 7 heteroatoms. The van der Waals surface area contributed by atoms with E-state index in [0.717, 1.165) is 12.6 Å². The van der Waals surface area contributed by atoms with Gasteiger partial charge in [-0.2, -0.15) is 13.2 Å². The van der Waals surface area contributed by atoms with Gasteiger partial charge in [0.25, 0.3) is 0 Å². The van der Waals surface area contributed by atoms with Crippen LogP contribution in [0.4, 0.5) is 19.0 Å². The molecule has 1 aliphatic heterocycles. The predicted molar refractivity (Wildman–Crippen MR) is 65.1 cm³/mol. The van der Waals surface area contributed by atoms with Crippen molar-refractivity contribution < 1.29 is 17.9 Å². The van der Waals surface area contributed by atoms with Crippen LogP contribution in [-0.4, -0.2) is 44.4 Å². The molecule has 1 aromatic heterocycles. The van der Waals surface area contributed by atoms with E-state index in [-0.39, 0.29) is 6.10 Å². The van der Waals surface area contributed by atoms with Crippen LogP contribution in [0.1, 0.15) is 5.69 Å². The lowest BCUT2D eigenvalue weighted by Gasteiger charge is -2.28. The number of hydrogen-bond acceptors (Lipinski definition) is 4. The molecule has 1 atom stereocenters. The summed E-state index contributed by atoms with van der Waals surface area (Å²) in [6, 6.07) is 3.89. The number of morpholine rings is 1. The first-order valence-corrected chi connectivity index (χ1v) is 6.04. The molecule has 0 radical (unpaired) electrons. The standard InChI is InChI=1S/C12H16F3N3O/c1-18(8-9-7-16-5-6-19-9)11-4-2-3-10(17-11)12(13,14)15/h2-4,9,16H,5-8H2,1H3. The Hall–Kier alpha value is -1.34. The number of nitrogens with one attached hydrogen (secondary N) is 1. The van der Waals surface area contributed by atoms with Gasteiger partial charge >= 0.3 is 6.18 Å². The van der Waals surface area contributed by atoms with Gasteiger partial charge in [-0.1, -0.05) is 6.07 Å². The Kier molecular flexibility index (Phi) is 4.26. The van der Waals surface area contributed by atoms with Crippen LogP contribution in [0.15, 0.2) is 18.2 Å². The van der Waals surface area contributed by atoms with Crippen LogP contribution in [0, 0.1) is 0 Å². The summed E-state index contributed by atoms with van der Waals surface area (Å²) >= 11 is 0.